The second kappa shape index (κ2) is 4.93. The van der Waals surface area contributed by atoms with Crippen LogP contribution in [0.1, 0.15) is 0 Å². The number of nitrogens with zero attached hydrogens (tertiary/aromatic N) is 3. The van der Waals surface area contributed by atoms with Crippen LogP contribution in [0.15, 0.2) is 53.7 Å². The minimum absolute atomic E-state index is 0.0564. The van der Waals surface area contributed by atoms with Crippen LogP contribution in [0, 0.1) is 0 Å². The zero-order chi connectivity index (χ0) is 12.1. The van der Waals surface area contributed by atoms with Crippen molar-refractivity contribution in [3.63, 3.8) is 0 Å². The van der Waals surface area contributed by atoms with Gasteiger partial charge in [0.05, 0.1) is 6.20 Å². The number of rotatable bonds is 1. The molecule has 1 aromatic carbocycles. The highest BCUT2D eigenvalue weighted by atomic mass is 16.5. The van der Waals surface area contributed by atoms with E-state index in [2.05, 4.69) is 15.4 Å². The molecule has 0 aliphatic carbocycles. The average Bonchev–Trinajstić information content (AvgIpc) is 2.33. The summed E-state index contributed by atoms with van der Waals surface area (Å²) in [7, 11) is 0. The van der Waals surface area contributed by atoms with Crippen molar-refractivity contribution < 1.29 is 10.0 Å². The maximum Gasteiger partial charge on any atom is 0.347 e. The molecule has 1 aromatic heterocycles. The third kappa shape index (κ3) is 2.91. The molecule has 17 heavy (non-hydrogen) atoms. The van der Waals surface area contributed by atoms with Gasteiger partial charge in [-0.05, 0) is 24.3 Å². The number of nitrogens with one attached hydrogen (secondary N) is 1. The van der Waals surface area contributed by atoms with Crippen LogP contribution >= 0.6 is 0 Å². The summed E-state index contributed by atoms with van der Waals surface area (Å²) < 4.78 is 0. The third-order valence-corrected chi connectivity index (χ3v) is 1.95. The van der Waals surface area contributed by atoms with E-state index < -0.39 is 6.03 Å². The van der Waals surface area contributed by atoms with Crippen molar-refractivity contribution in [1.29, 1.82) is 0 Å². The Balaban J connectivity index is 2.18. The zero-order valence-electron chi connectivity index (χ0n) is 8.82. The Hall–Kier alpha value is -2.63. The number of carbonyl (C=O) groups is 1. The molecule has 0 saturated heterocycles. The van der Waals surface area contributed by atoms with Crippen molar-refractivity contribution in [2.75, 3.05) is 5.32 Å². The van der Waals surface area contributed by atoms with Crippen molar-refractivity contribution in [3.8, 4) is 0 Å². The number of carbonyl (C=O) groups excluding carboxylic acids is 1. The maximum absolute atomic E-state index is 11.5. The largest absolute Gasteiger partial charge is 0.410 e. The highest BCUT2D eigenvalue weighted by Gasteiger charge is 1.99. The van der Waals surface area contributed by atoms with E-state index in [9.17, 15) is 10.0 Å². The van der Waals surface area contributed by atoms with Crippen LogP contribution in [-0.4, -0.2) is 21.2 Å². The van der Waals surface area contributed by atoms with Gasteiger partial charge < -0.3 is 10.5 Å². The van der Waals surface area contributed by atoms with E-state index in [1.165, 1.54) is 12.3 Å². The molecule has 2 aromatic rings. The number of anilines is 1. The number of benzene rings is 1. The molecule has 2 amide bonds. The topological polar surface area (TPSA) is 79.5 Å². The van der Waals surface area contributed by atoms with Crippen molar-refractivity contribution in [1.82, 2.24) is 9.94 Å². The smallest absolute Gasteiger partial charge is 0.347 e. The van der Waals surface area contributed by atoms with E-state index in [0.717, 1.165) is 0 Å². The molecule has 6 nitrogen and oxygen atoms in total. The van der Waals surface area contributed by atoms with Gasteiger partial charge in [0.25, 0.3) is 0 Å². The molecule has 1 heterocycles. The SMILES string of the molecule is O=C(N=c1cccnn1O)Nc1ccccc1. The van der Waals surface area contributed by atoms with Crippen molar-refractivity contribution in [3.05, 3.63) is 54.1 Å². The highest BCUT2D eigenvalue weighted by Crippen LogP contribution is 2.04. The normalized spacial score (nSPS) is 11.2. The zero-order valence-corrected chi connectivity index (χ0v) is 8.82. The van der Waals surface area contributed by atoms with Gasteiger partial charge in [-0.15, -0.1) is 5.10 Å². The standard InChI is InChI=1S/C11H10N4O2/c16-11(13-9-5-2-1-3-6-9)14-10-7-4-8-12-15(10)17/h1-8,17H,(H,13,16). The van der Waals surface area contributed by atoms with Crippen molar-refractivity contribution in [2.24, 2.45) is 4.99 Å². The van der Waals surface area contributed by atoms with E-state index >= 15 is 0 Å². The van der Waals surface area contributed by atoms with Crippen molar-refractivity contribution >= 4 is 11.7 Å². The molecule has 0 spiro atoms. The minimum atomic E-state index is -0.577. The molecule has 0 aliphatic rings. The Morgan fingerprint density at radius 3 is 2.71 bits per heavy atom. The lowest BCUT2D eigenvalue weighted by molar-refractivity contribution is 0.131. The van der Waals surface area contributed by atoms with Gasteiger partial charge in [0, 0.05) is 5.69 Å². The van der Waals surface area contributed by atoms with Gasteiger partial charge >= 0.3 is 6.03 Å². The Morgan fingerprint density at radius 1 is 1.24 bits per heavy atom. The van der Waals surface area contributed by atoms with Crippen molar-refractivity contribution in [2.45, 2.75) is 0 Å². The summed E-state index contributed by atoms with van der Waals surface area (Å²) in [6, 6.07) is 11.4. The van der Waals surface area contributed by atoms with E-state index in [4.69, 9.17) is 0 Å². The van der Waals surface area contributed by atoms with Gasteiger partial charge in [0.15, 0.2) is 5.49 Å². The number of para-hydroxylation sites is 1. The molecule has 86 valence electrons. The number of amides is 2. The Morgan fingerprint density at radius 2 is 2.00 bits per heavy atom. The molecule has 0 radical (unpaired) electrons. The molecular formula is C11H10N4O2. The molecule has 0 atom stereocenters. The van der Waals surface area contributed by atoms with Gasteiger partial charge in [0.2, 0.25) is 0 Å². The Kier molecular flexibility index (Phi) is 3.15. The molecule has 2 rings (SSSR count). The van der Waals surface area contributed by atoms with E-state index in [1.54, 1.807) is 30.3 Å². The molecule has 0 aliphatic heterocycles. The van der Waals surface area contributed by atoms with E-state index in [-0.39, 0.29) is 5.49 Å². The number of hydrogen-bond acceptors (Lipinski definition) is 3. The van der Waals surface area contributed by atoms with Gasteiger partial charge in [-0.25, -0.2) is 4.79 Å². The fourth-order valence-corrected chi connectivity index (χ4v) is 1.22. The summed E-state index contributed by atoms with van der Waals surface area (Å²) in [5.41, 5.74) is 0.690. The number of hydrogen-bond donors (Lipinski definition) is 2. The lowest BCUT2D eigenvalue weighted by atomic mass is 10.3. The lowest BCUT2D eigenvalue weighted by Gasteiger charge is -2.00. The van der Waals surface area contributed by atoms with Gasteiger partial charge in [0.1, 0.15) is 0 Å². The first-order valence-corrected chi connectivity index (χ1v) is 4.90. The van der Waals surface area contributed by atoms with Gasteiger partial charge in [-0.2, -0.15) is 4.99 Å². The molecule has 6 heteroatoms. The first-order valence-electron chi connectivity index (χ1n) is 4.90. The summed E-state index contributed by atoms with van der Waals surface area (Å²) in [6.45, 7) is 0. The summed E-state index contributed by atoms with van der Waals surface area (Å²) in [4.78, 5) is 15.7. The number of aromatic nitrogens is 2. The summed E-state index contributed by atoms with van der Waals surface area (Å²) in [5, 5.41) is 15.4. The van der Waals surface area contributed by atoms with Crippen LogP contribution in [0.4, 0.5) is 10.5 Å². The lowest BCUT2D eigenvalue weighted by Crippen LogP contribution is -2.23. The maximum atomic E-state index is 11.5. The minimum Gasteiger partial charge on any atom is -0.410 e. The first-order chi connectivity index (χ1) is 8.25. The first kappa shape index (κ1) is 10.9. The second-order valence-electron chi connectivity index (χ2n) is 3.18. The summed E-state index contributed by atoms with van der Waals surface area (Å²) >= 11 is 0. The summed E-state index contributed by atoms with van der Waals surface area (Å²) in [6.07, 6.45) is 1.38. The van der Waals surface area contributed by atoms with E-state index in [0.29, 0.717) is 10.5 Å². The predicted octanol–water partition coefficient (Wildman–Crippen LogP) is 1.25. The fourth-order valence-electron chi connectivity index (χ4n) is 1.22. The van der Waals surface area contributed by atoms with E-state index in [1.807, 2.05) is 6.07 Å². The van der Waals surface area contributed by atoms with Gasteiger partial charge in [-0.3, -0.25) is 0 Å². The quantitative estimate of drug-likeness (QED) is 0.723. The Labute approximate surface area is 96.8 Å². The number of urea groups is 1. The van der Waals surface area contributed by atoms with Crippen LogP contribution in [0.25, 0.3) is 0 Å². The second-order valence-corrected chi connectivity index (χ2v) is 3.18. The van der Waals surface area contributed by atoms with Crippen LogP contribution in [0.2, 0.25) is 0 Å². The molecule has 0 fully saturated rings. The average molecular weight is 230 g/mol. The monoisotopic (exact) mass is 230 g/mol. The third-order valence-electron chi connectivity index (χ3n) is 1.95. The molecule has 0 saturated carbocycles. The molecular weight excluding hydrogens is 220 g/mol. The van der Waals surface area contributed by atoms with Crippen LogP contribution in [-0.2, 0) is 0 Å². The van der Waals surface area contributed by atoms with Gasteiger partial charge in [-0.1, -0.05) is 23.0 Å². The van der Waals surface area contributed by atoms with Crippen LogP contribution in [0.3, 0.4) is 0 Å². The predicted molar refractivity (Wildman–Crippen MR) is 60.4 cm³/mol. The molecule has 2 N–H and O–H groups in total. The molecule has 0 unspecified atom stereocenters. The fraction of sp³-hybridized carbons (Fsp3) is 0. The molecule has 0 bridgehead atoms. The Bertz CT molecular complexity index is 577. The highest BCUT2D eigenvalue weighted by molar-refractivity contribution is 5.89. The van der Waals surface area contributed by atoms with Crippen LogP contribution in [0.5, 0.6) is 0 Å². The summed E-state index contributed by atoms with van der Waals surface area (Å²) in [5.74, 6) is 0. The van der Waals surface area contributed by atoms with Crippen LogP contribution < -0.4 is 10.8 Å².